The molecule has 2 aromatic rings. The summed E-state index contributed by atoms with van der Waals surface area (Å²) in [5.41, 5.74) is 0.867. The smallest absolute Gasteiger partial charge is 0.332 e. The van der Waals surface area contributed by atoms with E-state index >= 15 is 0 Å². The van der Waals surface area contributed by atoms with E-state index in [2.05, 4.69) is 6.58 Å². The van der Waals surface area contributed by atoms with Gasteiger partial charge in [0, 0.05) is 35.5 Å². The lowest BCUT2D eigenvalue weighted by molar-refractivity contribution is -0.166. The Morgan fingerprint density at radius 2 is 1.84 bits per heavy atom. The first-order valence-corrected chi connectivity index (χ1v) is 13.3. The zero-order valence-electron chi connectivity index (χ0n) is 21.8. The summed E-state index contributed by atoms with van der Waals surface area (Å²) in [6, 6.07) is 13.4. The van der Waals surface area contributed by atoms with Crippen molar-refractivity contribution in [3.05, 3.63) is 82.4 Å². The number of amides is 2. The van der Waals surface area contributed by atoms with Crippen molar-refractivity contribution < 1.29 is 22.8 Å². The lowest BCUT2D eigenvalue weighted by Crippen LogP contribution is -2.58. The highest BCUT2D eigenvalue weighted by atomic mass is 35.5. The quantitative estimate of drug-likeness (QED) is 0.289. The van der Waals surface area contributed by atoms with Crippen molar-refractivity contribution in [3.63, 3.8) is 0 Å². The minimum Gasteiger partial charge on any atom is -0.332 e. The van der Waals surface area contributed by atoms with Crippen LogP contribution in [0.4, 0.5) is 13.2 Å². The highest BCUT2D eigenvalue weighted by Crippen LogP contribution is 2.52. The molecule has 4 atom stereocenters. The van der Waals surface area contributed by atoms with Gasteiger partial charge in [-0.05, 0) is 54.7 Å². The molecule has 1 saturated heterocycles. The van der Waals surface area contributed by atoms with Crippen LogP contribution in [0.5, 0.6) is 0 Å². The second-order valence-electron chi connectivity index (χ2n) is 10.2. The molecule has 0 N–H and O–H groups in total. The Bertz CT molecular complexity index is 1160. The van der Waals surface area contributed by atoms with E-state index < -0.39 is 36.1 Å². The third-order valence-electron chi connectivity index (χ3n) is 7.30. The van der Waals surface area contributed by atoms with Crippen LogP contribution in [-0.4, -0.2) is 46.9 Å². The van der Waals surface area contributed by atoms with E-state index in [1.807, 2.05) is 44.2 Å². The van der Waals surface area contributed by atoms with Crippen LogP contribution < -0.4 is 0 Å². The molecular weight excluding hydrogens is 536 g/mol. The van der Waals surface area contributed by atoms with E-state index in [1.54, 1.807) is 29.2 Å². The topological polar surface area (TPSA) is 40.6 Å². The van der Waals surface area contributed by atoms with Crippen molar-refractivity contribution in [1.82, 2.24) is 9.80 Å². The number of piperidine rings is 1. The molecule has 0 aliphatic carbocycles. The maximum Gasteiger partial charge on any atom is 0.406 e. The SMILES string of the molecule is C=CC[C@@]1(C)C[C@H](c2cccc(Cl)c2)[C@@H](c2ccc(Cl)cc2)N([C@H](CC)CN(CC(F)(F)F)C(C)=O)C1=O. The zero-order chi connectivity index (χ0) is 28.3. The third-order valence-corrected chi connectivity index (χ3v) is 7.78. The largest absolute Gasteiger partial charge is 0.406 e. The number of carbonyl (C=O) groups is 2. The fraction of sp³-hybridized carbons (Fsp3) is 0.448. The minimum absolute atomic E-state index is 0.182. The molecule has 4 nitrogen and oxygen atoms in total. The van der Waals surface area contributed by atoms with Crippen molar-refractivity contribution in [2.75, 3.05) is 13.1 Å². The van der Waals surface area contributed by atoms with Crippen LogP contribution in [-0.2, 0) is 9.59 Å². The van der Waals surface area contributed by atoms with Crippen molar-refractivity contribution in [2.45, 2.75) is 64.2 Å². The molecule has 2 amide bonds. The van der Waals surface area contributed by atoms with Crippen molar-refractivity contribution >= 4 is 35.0 Å². The predicted molar refractivity (Wildman–Crippen MR) is 145 cm³/mol. The van der Waals surface area contributed by atoms with Crippen LogP contribution in [0.3, 0.4) is 0 Å². The van der Waals surface area contributed by atoms with Crippen LogP contribution in [0.1, 0.15) is 63.1 Å². The first-order valence-electron chi connectivity index (χ1n) is 12.6. The van der Waals surface area contributed by atoms with Gasteiger partial charge in [0.15, 0.2) is 0 Å². The second kappa shape index (κ2) is 12.1. The summed E-state index contributed by atoms with van der Waals surface area (Å²) in [5.74, 6) is -1.11. The molecule has 2 aromatic carbocycles. The average molecular weight is 569 g/mol. The van der Waals surface area contributed by atoms with Gasteiger partial charge in [0.2, 0.25) is 11.8 Å². The minimum atomic E-state index is -4.56. The Balaban J connectivity index is 2.20. The highest BCUT2D eigenvalue weighted by molar-refractivity contribution is 6.30. The van der Waals surface area contributed by atoms with Crippen LogP contribution in [0.2, 0.25) is 10.0 Å². The lowest BCUT2D eigenvalue weighted by atomic mass is 9.67. The van der Waals surface area contributed by atoms with Gasteiger partial charge in [-0.3, -0.25) is 9.59 Å². The zero-order valence-corrected chi connectivity index (χ0v) is 23.3. The van der Waals surface area contributed by atoms with Gasteiger partial charge < -0.3 is 9.80 Å². The number of carbonyl (C=O) groups excluding carboxylic acids is 2. The molecule has 0 spiro atoms. The van der Waals surface area contributed by atoms with E-state index in [0.717, 1.165) is 23.0 Å². The van der Waals surface area contributed by atoms with Gasteiger partial charge in [-0.15, -0.1) is 6.58 Å². The average Bonchev–Trinajstić information content (AvgIpc) is 2.83. The molecule has 0 aromatic heterocycles. The first-order chi connectivity index (χ1) is 17.8. The molecule has 1 aliphatic heterocycles. The summed E-state index contributed by atoms with van der Waals surface area (Å²) >= 11 is 12.5. The molecule has 1 heterocycles. The Labute approximate surface area is 232 Å². The van der Waals surface area contributed by atoms with E-state index in [9.17, 15) is 22.8 Å². The predicted octanol–water partition coefficient (Wildman–Crippen LogP) is 7.82. The monoisotopic (exact) mass is 568 g/mol. The van der Waals surface area contributed by atoms with Crippen molar-refractivity contribution in [1.29, 1.82) is 0 Å². The number of alkyl halides is 3. The third kappa shape index (κ3) is 6.92. The fourth-order valence-electron chi connectivity index (χ4n) is 5.48. The Morgan fingerprint density at radius 3 is 2.37 bits per heavy atom. The van der Waals surface area contributed by atoms with E-state index in [4.69, 9.17) is 23.2 Å². The summed E-state index contributed by atoms with van der Waals surface area (Å²) in [5, 5.41) is 1.07. The summed E-state index contributed by atoms with van der Waals surface area (Å²) in [6.07, 6.45) is -1.64. The van der Waals surface area contributed by atoms with E-state index in [-0.39, 0.29) is 18.4 Å². The van der Waals surface area contributed by atoms with Crippen LogP contribution in [0, 0.1) is 5.41 Å². The van der Waals surface area contributed by atoms with Gasteiger partial charge in [0.25, 0.3) is 0 Å². The van der Waals surface area contributed by atoms with E-state index in [1.165, 1.54) is 0 Å². The van der Waals surface area contributed by atoms with E-state index in [0.29, 0.717) is 29.3 Å². The van der Waals surface area contributed by atoms with Gasteiger partial charge in [0.05, 0.1) is 11.5 Å². The molecule has 0 radical (unpaired) electrons. The van der Waals surface area contributed by atoms with Crippen molar-refractivity contribution in [2.24, 2.45) is 5.41 Å². The summed E-state index contributed by atoms with van der Waals surface area (Å²) in [4.78, 5) is 29.0. The first kappa shape index (κ1) is 30.0. The van der Waals surface area contributed by atoms with Gasteiger partial charge in [-0.25, -0.2) is 0 Å². The number of allylic oxidation sites excluding steroid dienone is 1. The summed E-state index contributed by atoms with van der Waals surface area (Å²) in [6.45, 7) is 7.02. The van der Waals surface area contributed by atoms with Gasteiger partial charge in [-0.2, -0.15) is 13.2 Å². The Morgan fingerprint density at radius 1 is 1.18 bits per heavy atom. The van der Waals surface area contributed by atoms with Crippen molar-refractivity contribution in [3.8, 4) is 0 Å². The lowest BCUT2D eigenvalue weighted by Gasteiger charge is -2.52. The number of benzene rings is 2. The number of likely N-dealkylation sites (tertiary alicyclic amines) is 1. The highest BCUT2D eigenvalue weighted by Gasteiger charge is 2.51. The second-order valence-corrected chi connectivity index (χ2v) is 11.1. The van der Waals surface area contributed by atoms with Gasteiger partial charge in [0.1, 0.15) is 6.54 Å². The molecule has 3 rings (SSSR count). The number of hydrogen-bond donors (Lipinski definition) is 0. The van der Waals surface area contributed by atoms with Crippen LogP contribution >= 0.6 is 23.2 Å². The molecular formula is C29H33Cl2F3N2O2. The summed E-state index contributed by atoms with van der Waals surface area (Å²) < 4.78 is 40.1. The molecule has 1 aliphatic rings. The fourth-order valence-corrected chi connectivity index (χ4v) is 5.80. The summed E-state index contributed by atoms with van der Waals surface area (Å²) in [7, 11) is 0. The Kier molecular flexibility index (Phi) is 9.58. The molecule has 0 unspecified atom stereocenters. The number of halogens is 5. The molecule has 0 saturated carbocycles. The normalized spacial score (nSPS) is 22.7. The molecule has 0 bridgehead atoms. The Hall–Kier alpha value is -2.51. The van der Waals surface area contributed by atoms with Gasteiger partial charge in [-0.1, -0.05) is 67.4 Å². The van der Waals surface area contributed by atoms with Gasteiger partial charge >= 0.3 is 6.18 Å². The molecule has 9 heteroatoms. The number of rotatable bonds is 9. The molecule has 38 heavy (non-hydrogen) atoms. The van der Waals surface area contributed by atoms with Crippen LogP contribution in [0.25, 0.3) is 0 Å². The maximum absolute atomic E-state index is 14.3. The molecule has 206 valence electrons. The molecule has 1 fully saturated rings. The standard InChI is InChI=1S/C29H33Cl2F3N2O2/c1-5-14-28(4)16-25(21-8-7-9-23(31)15-21)26(20-10-12-22(30)13-11-20)36(27(28)38)24(6-2)17-35(19(3)37)18-29(32,33)34/h5,7-13,15,24-26H,1,6,14,16-18H2,2-4H3/t24-,25-,26-,28+/m1/s1. The maximum atomic E-state index is 14.3. The number of nitrogens with zero attached hydrogens (tertiary/aromatic N) is 2. The van der Waals surface area contributed by atoms with Crippen LogP contribution in [0.15, 0.2) is 61.2 Å². The number of hydrogen-bond acceptors (Lipinski definition) is 2.